The van der Waals surface area contributed by atoms with E-state index in [0.29, 0.717) is 17.8 Å². The summed E-state index contributed by atoms with van der Waals surface area (Å²) in [5.74, 6) is -1.16. The molecular formula is C14H18N2O4. The third-order valence-electron chi connectivity index (χ3n) is 4.09. The van der Waals surface area contributed by atoms with E-state index in [2.05, 4.69) is 12.2 Å². The van der Waals surface area contributed by atoms with E-state index in [-0.39, 0.29) is 16.7 Å². The van der Waals surface area contributed by atoms with Crippen LogP contribution in [0.15, 0.2) is 12.1 Å². The van der Waals surface area contributed by atoms with Gasteiger partial charge in [0.05, 0.1) is 10.5 Å². The molecule has 108 valence electrons. The van der Waals surface area contributed by atoms with Crippen molar-refractivity contribution < 1.29 is 14.8 Å². The first kappa shape index (κ1) is 14.3. The Morgan fingerprint density at radius 1 is 1.50 bits per heavy atom. The molecule has 0 spiro atoms. The molecule has 0 atom stereocenters. The van der Waals surface area contributed by atoms with Crippen molar-refractivity contribution in [3.63, 3.8) is 0 Å². The van der Waals surface area contributed by atoms with Gasteiger partial charge in [0.1, 0.15) is 0 Å². The van der Waals surface area contributed by atoms with E-state index in [0.717, 1.165) is 18.9 Å². The number of benzene rings is 1. The van der Waals surface area contributed by atoms with Gasteiger partial charge in [0.15, 0.2) is 0 Å². The Morgan fingerprint density at radius 2 is 2.15 bits per heavy atom. The van der Waals surface area contributed by atoms with Gasteiger partial charge in [-0.3, -0.25) is 10.1 Å². The number of nitro benzene ring substituents is 1. The van der Waals surface area contributed by atoms with Gasteiger partial charge in [-0.1, -0.05) is 13.3 Å². The van der Waals surface area contributed by atoms with Gasteiger partial charge in [0, 0.05) is 23.9 Å². The van der Waals surface area contributed by atoms with Crippen LogP contribution in [0.25, 0.3) is 0 Å². The molecule has 1 fully saturated rings. The summed E-state index contributed by atoms with van der Waals surface area (Å²) in [4.78, 5) is 21.5. The minimum Gasteiger partial charge on any atom is -0.478 e. The van der Waals surface area contributed by atoms with Crippen LogP contribution in [-0.4, -0.2) is 22.5 Å². The number of nitrogens with zero attached hydrogens (tertiary/aromatic N) is 1. The van der Waals surface area contributed by atoms with Gasteiger partial charge in [-0.05, 0) is 31.2 Å². The van der Waals surface area contributed by atoms with Gasteiger partial charge in [0.25, 0.3) is 5.69 Å². The van der Waals surface area contributed by atoms with Crippen LogP contribution in [0.1, 0.15) is 42.1 Å². The molecular weight excluding hydrogens is 260 g/mol. The summed E-state index contributed by atoms with van der Waals surface area (Å²) in [6, 6.07) is 2.57. The first-order valence-electron chi connectivity index (χ1n) is 6.59. The van der Waals surface area contributed by atoms with Crippen LogP contribution in [0.5, 0.6) is 0 Å². The standard InChI is InChI=1S/C14H18N2O4/c1-9-11(15-8-14(2)4-3-5-14)6-10(13(17)18)7-12(9)16(19)20/h6-7,15H,3-5,8H2,1-2H3,(H,17,18). The number of nitro groups is 1. The molecule has 0 unspecified atom stereocenters. The Balaban J connectivity index is 2.30. The summed E-state index contributed by atoms with van der Waals surface area (Å²) < 4.78 is 0. The molecule has 1 aromatic rings. The average molecular weight is 278 g/mol. The highest BCUT2D eigenvalue weighted by Gasteiger charge is 2.31. The highest BCUT2D eigenvalue weighted by atomic mass is 16.6. The number of aromatic carboxylic acids is 1. The van der Waals surface area contributed by atoms with Crippen molar-refractivity contribution in [3.05, 3.63) is 33.4 Å². The van der Waals surface area contributed by atoms with Gasteiger partial charge in [-0.25, -0.2) is 4.79 Å². The highest BCUT2D eigenvalue weighted by Crippen LogP contribution is 2.40. The average Bonchev–Trinajstić information content (AvgIpc) is 2.34. The Bertz CT molecular complexity index is 565. The van der Waals surface area contributed by atoms with E-state index in [9.17, 15) is 14.9 Å². The molecule has 0 bridgehead atoms. The zero-order valence-corrected chi connectivity index (χ0v) is 11.6. The smallest absolute Gasteiger partial charge is 0.336 e. The Kier molecular flexibility index (Phi) is 3.65. The molecule has 2 rings (SSSR count). The van der Waals surface area contributed by atoms with Crippen molar-refractivity contribution in [3.8, 4) is 0 Å². The summed E-state index contributed by atoms with van der Waals surface area (Å²) >= 11 is 0. The largest absolute Gasteiger partial charge is 0.478 e. The Morgan fingerprint density at radius 3 is 2.60 bits per heavy atom. The highest BCUT2D eigenvalue weighted by molar-refractivity contribution is 5.90. The second-order valence-corrected chi connectivity index (χ2v) is 5.75. The summed E-state index contributed by atoms with van der Waals surface area (Å²) in [5.41, 5.74) is 0.989. The monoisotopic (exact) mass is 278 g/mol. The number of carbonyl (C=O) groups is 1. The van der Waals surface area contributed by atoms with Crippen LogP contribution in [0.2, 0.25) is 0 Å². The molecule has 1 saturated carbocycles. The summed E-state index contributed by atoms with van der Waals surface area (Å²) in [7, 11) is 0. The van der Waals surface area contributed by atoms with Crippen LogP contribution >= 0.6 is 0 Å². The van der Waals surface area contributed by atoms with Crippen molar-refractivity contribution in [2.75, 3.05) is 11.9 Å². The molecule has 1 aliphatic carbocycles. The Labute approximate surface area is 117 Å². The summed E-state index contributed by atoms with van der Waals surface area (Å²) in [6.07, 6.45) is 3.45. The maximum Gasteiger partial charge on any atom is 0.336 e. The Hall–Kier alpha value is -2.11. The van der Waals surface area contributed by atoms with Crippen LogP contribution in [0, 0.1) is 22.5 Å². The number of carboxylic acids is 1. The third-order valence-corrected chi connectivity index (χ3v) is 4.09. The fourth-order valence-electron chi connectivity index (χ4n) is 2.46. The van der Waals surface area contributed by atoms with E-state index in [1.54, 1.807) is 6.92 Å². The van der Waals surface area contributed by atoms with Crippen molar-refractivity contribution in [2.24, 2.45) is 5.41 Å². The van der Waals surface area contributed by atoms with Crippen molar-refractivity contribution in [2.45, 2.75) is 33.1 Å². The van der Waals surface area contributed by atoms with E-state index in [4.69, 9.17) is 5.11 Å². The molecule has 2 N–H and O–H groups in total. The number of hydrogen-bond donors (Lipinski definition) is 2. The van der Waals surface area contributed by atoms with Crippen molar-refractivity contribution in [1.82, 2.24) is 0 Å². The lowest BCUT2D eigenvalue weighted by molar-refractivity contribution is -0.385. The zero-order valence-electron chi connectivity index (χ0n) is 11.6. The molecule has 0 saturated heterocycles. The predicted molar refractivity (Wildman–Crippen MR) is 75.2 cm³/mol. The van der Waals surface area contributed by atoms with Gasteiger partial charge >= 0.3 is 5.97 Å². The topological polar surface area (TPSA) is 92.5 Å². The minimum absolute atomic E-state index is 0.0661. The van der Waals surface area contributed by atoms with E-state index in [1.807, 2.05) is 0 Å². The van der Waals surface area contributed by atoms with Crippen molar-refractivity contribution in [1.29, 1.82) is 0 Å². The number of nitrogens with one attached hydrogen (secondary N) is 1. The lowest BCUT2D eigenvalue weighted by atomic mass is 9.70. The molecule has 0 heterocycles. The van der Waals surface area contributed by atoms with E-state index in [1.165, 1.54) is 12.5 Å². The molecule has 0 radical (unpaired) electrons. The van der Waals surface area contributed by atoms with E-state index < -0.39 is 10.9 Å². The quantitative estimate of drug-likeness (QED) is 0.637. The second-order valence-electron chi connectivity index (χ2n) is 5.75. The summed E-state index contributed by atoms with van der Waals surface area (Å²) in [6.45, 7) is 4.50. The number of anilines is 1. The normalized spacial score (nSPS) is 16.3. The SMILES string of the molecule is Cc1c(NCC2(C)CCC2)cc(C(=O)O)cc1[N+](=O)[O-]. The molecule has 0 aliphatic heterocycles. The van der Waals surface area contributed by atoms with Gasteiger partial charge in [0.2, 0.25) is 0 Å². The molecule has 0 aromatic heterocycles. The number of rotatable bonds is 5. The minimum atomic E-state index is -1.16. The molecule has 6 nitrogen and oxygen atoms in total. The molecule has 20 heavy (non-hydrogen) atoms. The first-order valence-corrected chi connectivity index (χ1v) is 6.59. The number of carboxylic acid groups (broad SMARTS) is 1. The first-order chi connectivity index (χ1) is 9.32. The lowest BCUT2D eigenvalue weighted by Gasteiger charge is -2.38. The molecule has 1 aliphatic rings. The maximum absolute atomic E-state index is 11.1. The zero-order chi connectivity index (χ0) is 14.9. The van der Waals surface area contributed by atoms with Crippen LogP contribution in [0.4, 0.5) is 11.4 Å². The number of hydrogen-bond acceptors (Lipinski definition) is 4. The lowest BCUT2D eigenvalue weighted by Crippen LogP contribution is -2.33. The van der Waals surface area contributed by atoms with E-state index >= 15 is 0 Å². The fourth-order valence-corrected chi connectivity index (χ4v) is 2.46. The van der Waals surface area contributed by atoms with Crippen LogP contribution in [-0.2, 0) is 0 Å². The second kappa shape index (κ2) is 5.11. The van der Waals surface area contributed by atoms with Gasteiger partial charge in [-0.15, -0.1) is 0 Å². The maximum atomic E-state index is 11.1. The van der Waals surface area contributed by atoms with Crippen LogP contribution in [0.3, 0.4) is 0 Å². The van der Waals surface area contributed by atoms with Crippen LogP contribution < -0.4 is 5.32 Å². The van der Waals surface area contributed by atoms with Gasteiger partial charge in [-0.2, -0.15) is 0 Å². The molecule has 6 heteroatoms. The predicted octanol–water partition coefficient (Wildman–Crippen LogP) is 3.20. The van der Waals surface area contributed by atoms with Crippen molar-refractivity contribution >= 4 is 17.3 Å². The third kappa shape index (κ3) is 2.74. The molecule has 0 amide bonds. The van der Waals surface area contributed by atoms with Gasteiger partial charge < -0.3 is 10.4 Å². The molecule has 1 aromatic carbocycles. The fraction of sp³-hybridized carbons (Fsp3) is 0.500. The summed E-state index contributed by atoms with van der Waals surface area (Å²) in [5, 5.41) is 23.2.